The van der Waals surface area contributed by atoms with Gasteiger partial charge in [0.05, 0.1) is 31.2 Å². The van der Waals surface area contributed by atoms with E-state index in [9.17, 15) is 9.59 Å². The van der Waals surface area contributed by atoms with Crippen molar-refractivity contribution in [2.75, 3.05) is 33.4 Å². The first-order valence-electron chi connectivity index (χ1n) is 11.3. The summed E-state index contributed by atoms with van der Waals surface area (Å²) >= 11 is 1.23. The van der Waals surface area contributed by atoms with Crippen LogP contribution in [0.1, 0.15) is 24.4 Å². The van der Waals surface area contributed by atoms with Crippen molar-refractivity contribution in [2.24, 2.45) is 0 Å². The summed E-state index contributed by atoms with van der Waals surface area (Å²) in [4.78, 5) is 28.7. The Morgan fingerprint density at radius 1 is 1.09 bits per heavy atom. The number of rotatable bonds is 5. The molecule has 0 bridgehead atoms. The molecule has 1 N–H and O–H groups in total. The van der Waals surface area contributed by atoms with Crippen LogP contribution < -0.4 is 15.7 Å². The molecule has 0 spiro atoms. The molecular weight excluding hydrogens is 438 g/mol. The van der Waals surface area contributed by atoms with Gasteiger partial charge in [-0.3, -0.25) is 18.9 Å². The Hall–Kier alpha value is -2.94. The van der Waals surface area contributed by atoms with E-state index >= 15 is 0 Å². The lowest BCUT2D eigenvalue weighted by molar-refractivity contribution is 0.0342. The lowest BCUT2D eigenvalue weighted by atomic mass is 9.99. The van der Waals surface area contributed by atoms with Gasteiger partial charge in [-0.05, 0) is 47.6 Å². The number of methoxy groups -OCH3 is 1. The number of nitrogens with zero attached hydrogens (tertiary/aromatic N) is 2. The van der Waals surface area contributed by atoms with Crippen LogP contribution in [-0.2, 0) is 11.3 Å². The number of aromatic amines is 1. The second kappa shape index (κ2) is 8.13. The smallest absolute Gasteiger partial charge is 0.271 e. The molecule has 33 heavy (non-hydrogen) atoms. The fraction of sp³-hybridized carbons (Fsp3) is 0.360. The summed E-state index contributed by atoms with van der Waals surface area (Å²) in [6, 6.07) is 12.6. The summed E-state index contributed by atoms with van der Waals surface area (Å²) in [5, 5.41) is 0.782. The maximum absolute atomic E-state index is 13.2. The summed E-state index contributed by atoms with van der Waals surface area (Å²) in [5.41, 5.74) is 3.48. The first-order valence-corrected chi connectivity index (χ1v) is 12.1. The van der Waals surface area contributed by atoms with Crippen molar-refractivity contribution in [3.05, 3.63) is 62.5 Å². The van der Waals surface area contributed by atoms with Gasteiger partial charge in [-0.2, -0.15) is 0 Å². The highest BCUT2D eigenvalue weighted by atomic mass is 32.1. The van der Waals surface area contributed by atoms with Crippen LogP contribution in [0.3, 0.4) is 0 Å². The van der Waals surface area contributed by atoms with E-state index in [2.05, 4.69) is 38.1 Å². The number of ether oxygens (including phenoxy) is 2. The first kappa shape index (κ1) is 20.7. The number of fused-ring (bicyclic) bond motifs is 2. The van der Waals surface area contributed by atoms with Crippen LogP contribution in [0.25, 0.3) is 32.2 Å². The molecule has 0 radical (unpaired) electrons. The Bertz CT molecular complexity index is 1460. The molecule has 2 aliphatic rings. The number of aromatic nitrogens is 2. The second-order valence-electron chi connectivity index (χ2n) is 8.77. The molecule has 2 aromatic carbocycles. The van der Waals surface area contributed by atoms with Crippen molar-refractivity contribution in [3.8, 4) is 16.9 Å². The number of nitrogens with one attached hydrogen (secondary N) is 1. The maximum atomic E-state index is 13.2. The fourth-order valence-corrected chi connectivity index (χ4v) is 5.73. The van der Waals surface area contributed by atoms with E-state index < -0.39 is 0 Å². The van der Waals surface area contributed by atoms with Gasteiger partial charge in [0.1, 0.15) is 10.2 Å². The largest absolute Gasteiger partial charge is 0.494 e. The van der Waals surface area contributed by atoms with E-state index in [0.29, 0.717) is 16.0 Å². The normalized spacial score (nSPS) is 17.1. The van der Waals surface area contributed by atoms with Crippen molar-refractivity contribution in [1.82, 2.24) is 13.8 Å². The number of hydrogen-bond acceptors (Lipinski definition) is 6. The zero-order valence-corrected chi connectivity index (χ0v) is 19.2. The quantitative estimate of drug-likeness (QED) is 0.488. The van der Waals surface area contributed by atoms with E-state index in [1.807, 2.05) is 12.1 Å². The summed E-state index contributed by atoms with van der Waals surface area (Å²) in [6.07, 6.45) is 2.06. The third kappa shape index (κ3) is 3.49. The van der Waals surface area contributed by atoms with E-state index in [-0.39, 0.29) is 22.4 Å². The minimum absolute atomic E-state index is 0.231. The Morgan fingerprint density at radius 3 is 2.55 bits per heavy atom. The summed E-state index contributed by atoms with van der Waals surface area (Å²) < 4.78 is 16.3. The highest BCUT2D eigenvalue weighted by Crippen LogP contribution is 2.44. The monoisotopic (exact) mass is 463 g/mol. The van der Waals surface area contributed by atoms with Crippen molar-refractivity contribution < 1.29 is 9.47 Å². The Kier molecular flexibility index (Phi) is 5.09. The van der Waals surface area contributed by atoms with Crippen molar-refractivity contribution in [1.29, 1.82) is 0 Å². The van der Waals surface area contributed by atoms with Crippen molar-refractivity contribution in [3.63, 3.8) is 0 Å². The lowest BCUT2D eigenvalue weighted by Gasteiger charge is -2.26. The van der Waals surface area contributed by atoms with Gasteiger partial charge >= 0.3 is 0 Å². The molecule has 7 nitrogen and oxygen atoms in total. The molecule has 8 heteroatoms. The Labute approximate surface area is 194 Å². The number of H-pyrrole nitrogens is 1. The molecule has 2 aromatic heterocycles. The zero-order chi connectivity index (χ0) is 22.5. The van der Waals surface area contributed by atoms with Gasteiger partial charge in [-0.1, -0.05) is 24.3 Å². The molecule has 4 aromatic rings. The third-order valence-corrected chi connectivity index (χ3v) is 7.52. The topological polar surface area (TPSA) is 76.6 Å². The minimum atomic E-state index is -0.310. The maximum Gasteiger partial charge on any atom is 0.271 e. The third-order valence-electron chi connectivity index (χ3n) is 6.64. The van der Waals surface area contributed by atoms with Gasteiger partial charge in [0.25, 0.3) is 5.56 Å². The van der Waals surface area contributed by atoms with E-state index in [0.717, 1.165) is 62.3 Å². The molecule has 1 saturated carbocycles. The van der Waals surface area contributed by atoms with Crippen LogP contribution in [0.2, 0.25) is 0 Å². The summed E-state index contributed by atoms with van der Waals surface area (Å²) in [7, 11) is 1.65. The lowest BCUT2D eigenvalue weighted by Crippen LogP contribution is -2.35. The highest BCUT2D eigenvalue weighted by Gasteiger charge is 2.30. The molecular formula is C25H25N3O4S. The average Bonchev–Trinajstić information content (AvgIpc) is 3.61. The van der Waals surface area contributed by atoms with E-state index in [4.69, 9.17) is 9.47 Å². The Morgan fingerprint density at radius 2 is 1.85 bits per heavy atom. The predicted molar refractivity (Wildman–Crippen MR) is 131 cm³/mol. The highest BCUT2D eigenvalue weighted by molar-refractivity contribution is 7.12. The zero-order valence-electron chi connectivity index (χ0n) is 18.4. The first-order chi connectivity index (χ1) is 16.2. The van der Waals surface area contributed by atoms with Crippen LogP contribution in [-0.4, -0.2) is 47.3 Å². The van der Waals surface area contributed by atoms with Crippen molar-refractivity contribution in [2.45, 2.75) is 25.4 Å². The number of hydrogen-bond donors (Lipinski definition) is 1. The van der Waals surface area contributed by atoms with Crippen LogP contribution in [0, 0.1) is 0 Å². The van der Waals surface area contributed by atoms with Gasteiger partial charge < -0.3 is 14.0 Å². The molecule has 0 unspecified atom stereocenters. The molecule has 1 aliphatic carbocycles. The number of morpholine rings is 1. The molecule has 1 saturated heterocycles. The van der Waals surface area contributed by atoms with Crippen LogP contribution in [0.4, 0.5) is 0 Å². The van der Waals surface area contributed by atoms with Crippen molar-refractivity contribution >= 4 is 32.7 Å². The standard InChI is InChI=1S/C25H25N3O4S/c1-31-23-18(16-4-2-15(3-5-16)14-27-10-12-32-13-11-27)8-9-19-21(23)28(17-6-7-17)25-20(22(19)29)24(30)26-33-25/h2-5,8-9,17H,6-7,10-14H2,1H3,(H,26,30). The molecule has 0 amide bonds. The van der Waals surface area contributed by atoms with Gasteiger partial charge in [-0.25, -0.2) is 0 Å². The molecule has 0 atom stereocenters. The van der Waals surface area contributed by atoms with Crippen LogP contribution in [0.15, 0.2) is 46.0 Å². The molecule has 3 heterocycles. The van der Waals surface area contributed by atoms with Crippen LogP contribution in [0.5, 0.6) is 5.75 Å². The predicted octanol–water partition coefficient (Wildman–Crippen LogP) is 3.75. The van der Waals surface area contributed by atoms with Gasteiger partial charge in [0.15, 0.2) is 5.75 Å². The summed E-state index contributed by atoms with van der Waals surface area (Å²) in [5.74, 6) is 0.681. The molecule has 2 fully saturated rings. The second-order valence-corrected chi connectivity index (χ2v) is 9.57. The SMILES string of the molecule is COc1c(-c2ccc(CN3CCOCC3)cc2)ccc2c(=O)c3c(=O)[nH]sc3n(C3CC3)c12. The average molecular weight is 464 g/mol. The van der Waals surface area contributed by atoms with Gasteiger partial charge in [0, 0.05) is 31.2 Å². The Balaban J connectivity index is 1.48. The fourth-order valence-electron chi connectivity index (χ4n) is 4.82. The van der Waals surface area contributed by atoms with E-state index in [1.54, 1.807) is 7.11 Å². The molecule has 170 valence electrons. The number of pyridine rings is 1. The van der Waals surface area contributed by atoms with Gasteiger partial charge in [-0.15, -0.1) is 0 Å². The minimum Gasteiger partial charge on any atom is -0.494 e. The van der Waals surface area contributed by atoms with Crippen LogP contribution >= 0.6 is 11.5 Å². The van der Waals surface area contributed by atoms with E-state index in [1.165, 1.54) is 17.1 Å². The number of benzene rings is 2. The summed E-state index contributed by atoms with van der Waals surface area (Å²) in [6.45, 7) is 4.40. The molecule has 1 aliphatic heterocycles. The molecule has 6 rings (SSSR count). The van der Waals surface area contributed by atoms with Gasteiger partial charge in [0.2, 0.25) is 5.43 Å².